The molecule has 0 amide bonds. The van der Waals surface area contributed by atoms with Crippen molar-refractivity contribution in [3.05, 3.63) is 22.7 Å². The molecular weight excluding hydrogens is 268 g/mol. The van der Waals surface area contributed by atoms with Crippen LogP contribution in [0.3, 0.4) is 0 Å². The van der Waals surface area contributed by atoms with E-state index in [0.717, 1.165) is 0 Å². The van der Waals surface area contributed by atoms with Crippen LogP contribution in [-0.2, 0) is 6.54 Å². The van der Waals surface area contributed by atoms with Crippen LogP contribution in [0, 0.1) is 0 Å². The number of aliphatic hydroxyl groups is 1. The van der Waals surface area contributed by atoms with Gasteiger partial charge in [-0.1, -0.05) is 11.6 Å². The number of hydrogen-bond acceptors (Lipinski definition) is 4. The zero-order valence-electron chi connectivity index (χ0n) is 9.71. The monoisotopic (exact) mass is 281 g/mol. The lowest BCUT2D eigenvalue weighted by Crippen LogP contribution is -2.35. The van der Waals surface area contributed by atoms with Crippen LogP contribution in [0.15, 0.2) is 12.1 Å². The molecular formula is C11H14ClF2NO3. The van der Waals surface area contributed by atoms with E-state index in [1.807, 2.05) is 0 Å². The minimum Gasteiger partial charge on any atom is -0.504 e. The molecule has 0 heterocycles. The predicted molar refractivity (Wildman–Crippen MR) is 63.4 cm³/mol. The first kappa shape index (κ1) is 14.9. The fourth-order valence-corrected chi connectivity index (χ4v) is 1.59. The van der Waals surface area contributed by atoms with E-state index in [-0.39, 0.29) is 18.0 Å². The molecule has 0 saturated heterocycles. The maximum Gasteiger partial charge on any atom is 0.282 e. The smallest absolute Gasteiger partial charge is 0.282 e. The molecule has 0 unspecified atom stereocenters. The molecule has 1 aromatic carbocycles. The van der Waals surface area contributed by atoms with Gasteiger partial charge in [-0.2, -0.15) is 0 Å². The molecule has 0 fully saturated rings. The van der Waals surface area contributed by atoms with Gasteiger partial charge in [-0.15, -0.1) is 0 Å². The summed E-state index contributed by atoms with van der Waals surface area (Å²) in [7, 11) is 1.36. The van der Waals surface area contributed by atoms with Gasteiger partial charge in [-0.3, -0.25) is 0 Å². The quantitative estimate of drug-likeness (QED) is 0.744. The van der Waals surface area contributed by atoms with Crippen molar-refractivity contribution < 1.29 is 23.7 Å². The van der Waals surface area contributed by atoms with Gasteiger partial charge in [0, 0.05) is 23.2 Å². The molecule has 1 aromatic rings. The number of phenolic OH excluding ortho intramolecular Hbond substituents is 1. The SMILES string of the molecule is COc1cc(Cl)cc(CNCC(F)(F)CO)c1O. The number of methoxy groups -OCH3 is 1. The van der Waals surface area contributed by atoms with Gasteiger partial charge < -0.3 is 20.3 Å². The van der Waals surface area contributed by atoms with Gasteiger partial charge in [0.05, 0.1) is 13.7 Å². The van der Waals surface area contributed by atoms with Crippen molar-refractivity contribution in [1.82, 2.24) is 5.32 Å². The van der Waals surface area contributed by atoms with Gasteiger partial charge in [0.2, 0.25) is 0 Å². The molecule has 7 heteroatoms. The minimum absolute atomic E-state index is 0.0155. The number of phenols is 1. The number of rotatable bonds is 6. The summed E-state index contributed by atoms with van der Waals surface area (Å²) in [4.78, 5) is 0. The highest BCUT2D eigenvalue weighted by atomic mass is 35.5. The topological polar surface area (TPSA) is 61.7 Å². The van der Waals surface area contributed by atoms with Crippen LogP contribution in [0.5, 0.6) is 11.5 Å². The van der Waals surface area contributed by atoms with Gasteiger partial charge in [0.15, 0.2) is 11.5 Å². The third-order valence-corrected chi connectivity index (χ3v) is 2.49. The van der Waals surface area contributed by atoms with Gasteiger partial charge in [-0.05, 0) is 6.07 Å². The molecule has 102 valence electrons. The number of alkyl halides is 2. The van der Waals surface area contributed by atoms with E-state index in [0.29, 0.717) is 10.6 Å². The summed E-state index contributed by atoms with van der Waals surface area (Å²) in [6.45, 7) is -1.94. The average Bonchev–Trinajstić information content (AvgIpc) is 2.33. The minimum atomic E-state index is -3.20. The number of aliphatic hydroxyl groups excluding tert-OH is 1. The van der Waals surface area contributed by atoms with Crippen LogP contribution in [0.1, 0.15) is 5.56 Å². The molecule has 0 saturated carbocycles. The molecule has 18 heavy (non-hydrogen) atoms. The van der Waals surface area contributed by atoms with Crippen molar-refractivity contribution in [3.63, 3.8) is 0 Å². The van der Waals surface area contributed by atoms with Crippen molar-refractivity contribution in [1.29, 1.82) is 0 Å². The first-order valence-electron chi connectivity index (χ1n) is 5.14. The van der Waals surface area contributed by atoms with Crippen LogP contribution in [0.4, 0.5) is 8.78 Å². The summed E-state index contributed by atoms with van der Waals surface area (Å²) >= 11 is 5.79. The molecule has 0 aliphatic carbocycles. The molecule has 0 radical (unpaired) electrons. The standard InChI is InChI=1S/C11H14ClF2NO3/c1-18-9-3-8(12)2-7(10(9)17)4-15-5-11(13,14)6-16/h2-3,15-17H,4-6H2,1H3. The highest BCUT2D eigenvalue weighted by Crippen LogP contribution is 2.33. The van der Waals surface area contributed by atoms with Crippen LogP contribution in [0.25, 0.3) is 0 Å². The lowest BCUT2D eigenvalue weighted by Gasteiger charge is -2.15. The Morgan fingerprint density at radius 3 is 2.67 bits per heavy atom. The predicted octanol–water partition coefficient (Wildman–Crippen LogP) is 1.77. The maximum absolute atomic E-state index is 12.8. The molecule has 3 N–H and O–H groups in total. The lowest BCUT2D eigenvalue weighted by molar-refractivity contribution is -0.0478. The number of halogens is 3. The Balaban J connectivity index is 2.70. The summed E-state index contributed by atoms with van der Waals surface area (Å²) in [6.07, 6.45) is 0. The summed E-state index contributed by atoms with van der Waals surface area (Å²) in [5.74, 6) is -3.17. The number of nitrogens with one attached hydrogen (secondary N) is 1. The van der Waals surface area contributed by atoms with Crippen LogP contribution < -0.4 is 10.1 Å². The fraction of sp³-hybridized carbons (Fsp3) is 0.455. The first-order chi connectivity index (χ1) is 8.39. The summed E-state index contributed by atoms with van der Waals surface area (Å²) < 4.78 is 30.4. The Kier molecular flexibility index (Phi) is 5.13. The number of benzene rings is 1. The highest BCUT2D eigenvalue weighted by Gasteiger charge is 2.27. The van der Waals surface area contributed by atoms with Gasteiger partial charge in [-0.25, -0.2) is 8.78 Å². The van der Waals surface area contributed by atoms with Crippen LogP contribution in [-0.4, -0.2) is 36.4 Å². The summed E-state index contributed by atoms with van der Waals surface area (Å²) in [5.41, 5.74) is 0.341. The molecule has 0 atom stereocenters. The number of ether oxygens (including phenoxy) is 1. The fourth-order valence-electron chi connectivity index (χ4n) is 1.35. The second kappa shape index (κ2) is 6.17. The van der Waals surface area contributed by atoms with Gasteiger partial charge in [0.25, 0.3) is 5.92 Å². The Hall–Kier alpha value is -1.11. The molecule has 0 spiro atoms. The van der Waals surface area contributed by atoms with Crippen LogP contribution in [0.2, 0.25) is 5.02 Å². The van der Waals surface area contributed by atoms with Crippen molar-refractivity contribution in [2.45, 2.75) is 12.5 Å². The first-order valence-corrected chi connectivity index (χ1v) is 5.52. The second-order valence-electron chi connectivity index (χ2n) is 3.73. The zero-order valence-corrected chi connectivity index (χ0v) is 10.5. The second-order valence-corrected chi connectivity index (χ2v) is 4.17. The summed E-state index contributed by atoms with van der Waals surface area (Å²) in [6, 6.07) is 2.87. The average molecular weight is 282 g/mol. The van der Waals surface area contributed by atoms with Crippen molar-refractivity contribution in [2.75, 3.05) is 20.3 Å². The van der Waals surface area contributed by atoms with E-state index in [2.05, 4.69) is 5.32 Å². The third-order valence-electron chi connectivity index (χ3n) is 2.27. The van der Waals surface area contributed by atoms with Crippen LogP contribution >= 0.6 is 11.6 Å². The van der Waals surface area contributed by atoms with Crippen molar-refractivity contribution in [2.24, 2.45) is 0 Å². The van der Waals surface area contributed by atoms with Gasteiger partial charge >= 0.3 is 0 Å². The Labute approximate surface area is 108 Å². The summed E-state index contributed by atoms with van der Waals surface area (Å²) in [5, 5.41) is 20.9. The molecule has 4 nitrogen and oxygen atoms in total. The van der Waals surface area contributed by atoms with Crippen molar-refractivity contribution >= 4 is 11.6 Å². The van der Waals surface area contributed by atoms with Crippen molar-refractivity contribution in [3.8, 4) is 11.5 Å². The van der Waals surface area contributed by atoms with Gasteiger partial charge in [0.1, 0.15) is 6.61 Å². The lowest BCUT2D eigenvalue weighted by atomic mass is 10.2. The maximum atomic E-state index is 12.8. The van der Waals surface area contributed by atoms with E-state index in [1.165, 1.54) is 19.2 Å². The zero-order chi connectivity index (χ0) is 13.8. The highest BCUT2D eigenvalue weighted by molar-refractivity contribution is 6.30. The van der Waals surface area contributed by atoms with E-state index in [9.17, 15) is 13.9 Å². The third kappa shape index (κ3) is 3.97. The molecule has 1 rings (SSSR count). The van der Waals surface area contributed by atoms with E-state index in [1.54, 1.807) is 0 Å². The van der Waals surface area contributed by atoms with E-state index < -0.39 is 19.1 Å². The Bertz CT molecular complexity index is 416. The molecule has 0 aromatic heterocycles. The number of hydrogen-bond donors (Lipinski definition) is 3. The van der Waals surface area contributed by atoms with E-state index in [4.69, 9.17) is 21.4 Å². The molecule has 0 aliphatic rings. The largest absolute Gasteiger partial charge is 0.504 e. The Morgan fingerprint density at radius 1 is 1.44 bits per heavy atom. The number of aromatic hydroxyl groups is 1. The molecule has 0 bridgehead atoms. The molecule has 0 aliphatic heterocycles. The normalized spacial score (nSPS) is 11.6. The Morgan fingerprint density at radius 2 is 2.11 bits per heavy atom. The van der Waals surface area contributed by atoms with E-state index >= 15 is 0 Å².